The van der Waals surface area contributed by atoms with Crippen LogP contribution in [0.2, 0.25) is 0 Å². The standard InChI is InChI=1S/C38H51N5O3/c1-6-8-9-10-32(39)36(45)28-13-11-26(12-14-28)22-34(44)31-17-16-30(23-27(31)7-2)42-38(4)37-40-24-33(43(37)20-19-41-38)29-15-18-35(46-5)25(3)21-29/h15-21,23-24,26,28,32,41-42H,6-14,22,39H2,1-5H3. The predicted octanol–water partition coefficient (Wildman–Crippen LogP) is 7.60. The van der Waals surface area contributed by atoms with Crippen molar-refractivity contribution in [2.75, 3.05) is 12.4 Å². The number of carbonyl (C=O) groups excluding carboxylic acids is 2. The van der Waals surface area contributed by atoms with Crippen LogP contribution < -0.4 is 21.1 Å². The molecule has 8 heteroatoms. The van der Waals surface area contributed by atoms with Gasteiger partial charge in [-0.05, 0) is 106 Å². The predicted molar refractivity (Wildman–Crippen MR) is 186 cm³/mol. The molecule has 2 atom stereocenters. The lowest BCUT2D eigenvalue weighted by molar-refractivity contribution is -0.125. The fraction of sp³-hybridized carbons (Fsp3) is 0.500. The van der Waals surface area contributed by atoms with Gasteiger partial charge in [0.15, 0.2) is 23.1 Å². The highest BCUT2D eigenvalue weighted by Crippen LogP contribution is 2.35. The van der Waals surface area contributed by atoms with E-state index in [0.717, 1.165) is 103 Å². The van der Waals surface area contributed by atoms with Crippen molar-refractivity contribution in [1.82, 2.24) is 14.9 Å². The Bertz CT molecular complexity index is 1570. The summed E-state index contributed by atoms with van der Waals surface area (Å²) in [6, 6.07) is 11.9. The van der Waals surface area contributed by atoms with Crippen LogP contribution in [-0.2, 0) is 16.9 Å². The molecule has 0 amide bonds. The second-order valence-electron chi connectivity index (χ2n) is 13.3. The number of hydrogen-bond acceptors (Lipinski definition) is 7. The zero-order chi connectivity index (χ0) is 32.8. The van der Waals surface area contributed by atoms with E-state index < -0.39 is 5.66 Å². The van der Waals surface area contributed by atoms with Gasteiger partial charge < -0.3 is 21.1 Å². The van der Waals surface area contributed by atoms with E-state index in [1.165, 1.54) is 0 Å². The van der Waals surface area contributed by atoms with Gasteiger partial charge in [0.05, 0.1) is 25.0 Å². The average molecular weight is 626 g/mol. The van der Waals surface area contributed by atoms with Crippen LogP contribution in [0.25, 0.3) is 17.5 Å². The molecule has 1 aromatic heterocycles. The number of ether oxygens (including phenoxy) is 1. The number of carbonyl (C=O) groups is 2. The summed E-state index contributed by atoms with van der Waals surface area (Å²) in [4.78, 5) is 31.2. The van der Waals surface area contributed by atoms with Crippen LogP contribution in [0.1, 0.15) is 106 Å². The highest BCUT2D eigenvalue weighted by Gasteiger charge is 2.34. The molecule has 3 aromatic rings. The molecule has 4 N–H and O–H groups in total. The SMILES string of the molecule is CCCCCC(N)C(=O)C1CCC(CC(=O)c2ccc(NC3(C)NC=Cn4c(-c5ccc(OC)c(C)c5)cnc43)cc2CC)CC1. The third kappa shape index (κ3) is 7.22. The molecule has 1 fully saturated rings. The Morgan fingerprint density at radius 3 is 2.61 bits per heavy atom. The fourth-order valence-electron chi connectivity index (χ4n) is 7.18. The summed E-state index contributed by atoms with van der Waals surface area (Å²) in [5.74, 6) is 2.48. The number of Topliss-reactive ketones (excluding diaryl/α,β-unsaturated/α-hetero) is 2. The van der Waals surface area contributed by atoms with Crippen LogP contribution in [0.3, 0.4) is 0 Å². The number of rotatable bonds is 14. The van der Waals surface area contributed by atoms with Crippen molar-refractivity contribution in [3.8, 4) is 17.0 Å². The van der Waals surface area contributed by atoms with Crippen LogP contribution in [0, 0.1) is 18.8 Å². The molecule has 2 unspecified atom stereocenters. The molecule has 2 heterocycles. The molecule has 0 saturated heterocycles. The first kappa shape index (κ1) is 33.5. The van der Waals surface area contributed by atoms with E-state index in [1.54, 1.807) is 7.11 Å². The molecule has 2 aliphatic rings. The van der Waals surface area contributed by atoms with Gasteiger partial charge in [-0.15, -0.1) is 0 Å². The Morgan fingerprint density at radius 2 is 1.91 bits per heavy atom. The Hall–Kier alpha value is -3.91. The summed E-state index contributed by atoms with van der Waals surface area (Å²) in [5.41, 5.74) is 11.4. The lowest BCUT2D eigenvalue weighted by Gasteiger charge is -2.34. The van der Waals surface area contributed by atoms with Gasteiger partial charge in [0.1, 0.15) is 5.75 Å². The molecule has 246 valence electrons. The number of nitrogens with zero attached hydrogens (tertiary/aromatic N) is 2. The van der Waals surface area contributed by atoms with Crippen LogP contribution in [0.4, 0.5) is 5.69 Å². The maximum Gasteiger partial charge on any atom is 0.165 e. The number of methoxy groups -OCH3 is 1. The minimum absolute atomic E-state index is 0.0520. The second-order valence-corrected chi connectivity index (χ2v) is 13.3. The van der Waals surface area contributed by atoms with Gasteiger partial charge in [0.2, 0.25) is 0 Å². The topological polar surface area (TPSA) is 111 Å². The van der Waals surface area contributed by atoms with Crippen molar-refractivity contribution in [3.63, 3.8) is 0 Å². The Balaban J connectivity index is 1.23. The number of unbranched alkanes of at least 4 members (excludes halogenated alkanes) is 2. The molecular formula is C38H51N5O3. The molecule has 0 spiro atoms. The highest BCUT2D eigenvalue weighted by atomic mass is 16.5. The highest BCUT2D eigenvalue weighted by molar-refractivity contribution is 5.98. The van der Waals surface area contributed by atoms with Crippen LogP contribution in [0.5, 0.6) is 5.75 Å². The zero-order valence-corrected chi connectivity index (χ0v) is 28.2. The van der Waals surface area contributed by atoms with Gasteiger partial charge in [-0.2, -0.15) is 0 Å². The number of fused-ring (bicyclic) bond motifs is 1. The lowest BCUT2D eigenvalue weighted by Crippen LogP contribution is -2.47. The van der Waals surface area contributed by atoms with E-state index in [0.29, 0.717) is 12.3 Å². The number of anilines is 1. The van der Waals surface area contributed by atoms with Crippen molar-refractivity contribution in [1.29, 1.82) is 0 Å². The summed E-state index contributed by atoms with van der Waals surface area (Å²) in [7, 11) is 1.68. The molecule has 8 nitrogen and oxygen atoms in total. The van der Waals surface area contributed by atoms with Gasteiger partial charge in [0, 0.05) is 41.6 Å². The van der Waals surface area contributed by atoms with Gasteiger partial charge in [0.25, 0.3) is 0 Å². The summed E-state index contributed by atoms with van der Waals surface area (Å²) in [6.07, 6.45) is 14.7. The van der Waals surface area contributed by atoms with Gasteiger partial charge in [-0.25, -0.2) is 4.98 Å². The molecule has 0 radical (unpaired) electrons. The van der Waals surface area contributed by atoms with Gasteiger partial charge >= 0.3 is 0 Å². The van der Waals surface area contributed by atoms with Crippen LogP contribution in [-0.4, -0.2) is 34.3 Å². The Labute approximate surface area is 274 Å². The number of imidazole rings is 1. The summed E-state index contributed by atoms with van der Waals surface area (Å²) < 4.78 is 7.55. The molecule has 1 aliphatic heterocycles. The van der Waals surface area contributed by atoms with E-state index in [1.807, 2.05) is 43.7 Å². The molecular weight excluding hydrogens is 574 g/mol. The number of aryl methyl sites for hydroxylation is 2. The quantitative estimate of drug-likeness (QED) is 0.125. The maximum atomic E-state index is 13.5. The van der Waals surface area contributed by atoms with Crippen molar-refractivity contribution < 1.29 is 14.3 Å². The van der Waals surface area contributed by atoms with Crippen molar-refractivity contribution in [3.05, 3.63) is 71.3 Å². The van der Waals surface area contributed by atoms with Crippen molar-refractivity contribution in [2.45, 2.75) is 104 Å². The van der Waals surface area contributed by atoms with Crippen molar-refractivity contribution >= 4 is 23.5 Å². The zero-order valence-electron chi connectivity index (χ0n) is 28.2. The minimum atomic E-state index is -0.667. The van der Waals surface area contributed by atoms with Crippen molar-refractivity contribution in [2.24, 2.45) is 17.6 Å². The summed E-state index contributed by atoms with van der Waals surface area (Å²) in [6.45, 7) is 8.37. The number of ketones is 2. The number of benzene rings is 2. The third-order valence-electron chi connectivity index (χ3n) is 9.92. The summed E-state index contributed by atoms with van der Waals surface area (Å²) in [5, 5.41) is 7.11. The Kier molecular flexibility index (Phi) is 10.7. The molecule has 0 bridgehead atoms. The normalized spacial score (nSPS) is 21.3. The van der Waals surface area contributed by atoms with E-state index in [-0.39, 0.29) is 23.5 Å². The first-order chi connectivity index (χ1) is 22.2. The first-order valence-corrected chi connectivity index (χ1v) is 17.1. The number of aromatic nitrogens is 2. The summed E-state index contributed by atoms with van der Waals surface area (Å²) >= 11 is 0. The van der Waals surface area contributed by atoms with E-state index >= 15 is 0 Å². The van der Waals surface area contributed by atoms with E-state index in [4.69, 9.17) is 15.5 Å². The number of hydrogen-bond donors (Lipinski definition) is 3. The van der Waals surface area contributed by atoms with E-state index in [2.05, 4.69) is 54.2 Å². The van der Waals surface area contributed by atoms with Gasteiger partial charge in [-0.1, -0.05) is 33.1 Å². The number of nitrogens with one attached hydrogen (secondary N) is 2. The first-order valence-electron chi connectivity index (χ1n) is 17.1. The van der Waals surface area contributed by atoms with Crippen LogP contribution in [0.15, 0.2) is 48.8 Å². The Morgan fingerprint density at radius 1 is 1.13 bits per heavy atom. The van der Waals surface area contributed by atoms with Gasteiger partial charge in [-0.3, -0.25) is 14.2 Å². The smallest absolute Gasteiger partial charge is 0.165 e. The molecule has 5 rings (SSSR count). The second kappa shape index (κ2) is 14.7. The van der Waals surface area contributed by atoms with Crippen LogP contribution >= 0.6 is 0 Å². The monoisotopic (exact) mass is 625 g/mol. The lowest BCUT2D eigenvalue weighted by atomic mass is 9.76. The van der Waals surface area contributed by atoms with E-state index in [9.17, 15) is 9.59 Å². The molecule has 46 heavy (non-hydrogen) atoms. The molecule has 1 saturated carbocycles. The maximum absolute atomic E-state index is 13.5. The third-order valence-corrected chi connectivity index (χ3v) is 9.92. The fourth-order valence-corrected chi connectivity index (χ4v) is 7.18. The molecule has 1 aliphatic carbocycles. The average Bonchev–Trinajstić information content (AvgIpc) is 3.50. The number of nitrogens with two attached hydrogens (primary N) is 1. The minimum Gasteiger partial charge on any atom is -0.496 e. The molecule has 2 aromatic carbocycles. The largest absolute Gasteiger partial charge is 0.496 e.